The fourth-order valence-electron chi connectivity index (χ4n) is 2.14. The molecule has 0 aliphatic heterocycles. The monoisotopic (exact) mass is 570 g/mol. The number of nitrogens with one attached hydrogen (secondary N) is 2. The number of hydrogen-bond acceptors (Lipinski definition) is 4. The molecule has 2 aromatic carbocycles. The number of aliphatic hydroxyl groups excluding tert-OH is 1. The van der Waals surface area contributed by atoms with Crippen LogP contribution in [0.2, 0.25) is 5.02 Å². The summed E-state index contributed by atoms with van der Waals surface area (Å²) in [5.41, 5.74) is 3.27. The maximum Gasteiger partial charge on any atom is 0.276 e. The largest absolute Gasteiger partial charge is 0.393 e. The molecule has 2 rings (SSSR count). The summed E-state index contributed by atoms with van der Waals surface area (Å²) in [5.74, 6) is -1.08. The normalized spacial score (nSPS) is 11.9. The van der Waals surface area contributed by atoms with E-state index in [0.717, 1.165) is 3.57 Å². The van der Waals surface area contributed by atoms with Crippen LogP contribution >= 0.6 is 50.1 Å². The molecule has 2 aromatic rings. The molecular weight excluding hydrogens is 553 g/mol. The van der Waals surface area contributed by atoms with Crippen molar-refractivity contribution in [3.63, 3.8) is 0 Å². The van der Waals surface area contributed by atoms with Gasteiger partial charge in [0.05, 0.1) is 39.1 Å². The predicted molar refractivity (Wildman–Crippen MR) is 116 cm³/mol. The zero-order chi connectivity index (χ0) is 20.0. The van der Waals surface area contributed by atoms with E-state index in [1.807, 2.05) is 13.0 Å². The summed E-state index contributed by atoms with van der Waals surface area (Å²) in [7, 11) is 0. The third-order valence-electron chi connectivity index (χ3n) is 3.69. The van der Waals surface area contributed by atoms with Crippen molar-refractivity contribution in [1.82, 2.24) is 5.48 Å². The Bertz CT molecular complexity index is 825. The van der Waals surface area contributed by atoms with Crippen LogP contribution in [0.25, 0.3) is 0 Å². The Morgan fingerprint density at radius 2 is 2.11 bits per heavy atom. The van der Waals surface area contributed by atoms with Crippen molar-refractivity contribution in [2.45, 2.75) is 25.9 Å². The Hall–Kier alpha value is -0.940. The molecule has 0 aliphatic carbocycles. The molecule has 1 amide bonds. The number of carbonyl (C=O) groups is 1. The van der Waals surface area contributed by atoms with E-state index in [9.17, 15) is 14.3 Å². The van der Waals surface area contributed by atoms with Crippen LogP contribution in [0.3, 0.4) is 0 Å². The van der Waals surface area contributed by atoms with Gasteiger partial charge in [0, 0.05) is 3.57 Å². The summed E-state index contributed by atoms with van der Waals surface area (Å²) < 4.78 is 15.1. The van der Waals surface area contributed by atoms with Crippen LogP contribution in [0.15, 0.2) is 34.8 Å². The first-order chi connectivity index (χ1) is 12.8. The van der Waals surface area contributed by atoms with Crippen LogP contribution in [-0.4, -0.2) is 23.7 Å². The summed E-state index contributed by atoms with van der Waals surface area (Å²) >= 11 is 11.4. The Morgan fingerprint density at radius 3 is 2.78 bits per heavy atom. The number of carbonyl (C=O) groups excluding carboxylic acids is 1. The van der Waals surface area contributed by atoms with Gasteiger partial charge in [-0.2, -0.15) is 0 Å². The van der Waals surface area contributed by atoms with E-state index in [-0.39, 0.29) is 22.3 Å². The molecule has 0 saturated carbocycles. The number of amides is 1. The van der Waals surface area contributed by atoms with E-state index in [4.69, 9.17) is 16.4 Å². The van der Waals surface area contributed by atoms with Crippen molar-refractivity contribution in [3.05, 3.63) is 54.8 Å². The van der Waals surface area contributed by atoms with Crippen LogP contribution < -0.4 is 10.8 Å². The smallest absolute Gasteiger partial charge is 0.276 e. The Labute approximate surface area is 183 Å². The van der Waals surface area contributed by atoms with Gasteiger partial charge in [-0.15, -0.1) is 0 Å². The number of aliphatic hydroxyl groups is 1. The molecule has 0 aliphatic rings. The van der Waals surface area contributed by atoms with Crippen molar-refractivity contribution >= 4 is 67.4 Å². The minimum Gasteiger partial charge on any atom is -0.393 e. The molecule has 1 atom stereocenters. The third-order valence-corrected chi connectivity index (χ3v) is 5.29. The van der Waals surface area contributed by atoms with Gasteiger partial charge in [-0.1, -0.05) is 18.5 Å². The lowest BCUT2D eigenvalue weighted by Crippen LogP contribution is -2.26. The van der Waals surface area contributed by atoms with Crippen molar-refractivity contribution in [1.29, 1.82) is 0 Å². The number of rotatable bonds is 8. The highest BCUT2D eigenvalue weighted by Gasteiger charge is 2.17. The lowest BCUT2D eigenvalue weighted by Gasteiger charge is -2.15. The molecule has 3 N–H and O–H groups in total. The lowest BCUT2D eigenvalue weighted by molar-refractivity contribution is 0.0161. The topological polar surface area (TPSA) is 70.6 Å². The Morgan fingerprint density at radius 1 is 1.37 bits per heavy atom. The van der Waals surface area contributed by atoms with Crippen molar-refractivity contribution < 1.29 is 19.1 Å². The van der Waals surface area contributed by atoms with E-state index in [2.05, 4.69) is 49.3 Å². The Balaban J connectivity index is 2.17. The Kier molecular flexibility index (Phi) is 8.74. The zero-order valence-corrected chi connectivity index (χ0v) is 18.9. The summed E-state index contributed by atoms with van der Waals surface area (Å²) in [6.45, 7) is 2.02. The van der Waals surface area contributed by atoms with Gasteiger partial charge >= 0.3 is 0 Å². The van der Waals surface area contributed by atoms with Gasteiger partial charge in [0.25, 0.3) is 5.91 Å². The van der Waals surface area contributed by atoms with Gasteiger partial charge in [0.1, 0.15) is 5.82 Å². The highest BCUT2D eigenvalue weighted by molar-refractivity contribution is 14.1. The van der Waals surface area contributed by atoms with Crippen LogP contribution in [0.1, 0.15) is 30.1 Å². The molecule has 9 heteroatoms. The quantitative estimate of drug-likeness (QED) is 0.225. The maximum absolute atomic E-state index is 14.0. The summed E-state index contributed by atoms with van der Waals surface area (Å²) in [6, 6.07) is 7.90. The molecule has 0 saturated heterocycles. The van der Waals surface area contributed by atoms with E-state index >= 15 is 0 Å². The van der Waals surface area contributed by atoms with Crippen molar-refractivity contribution in [3.8, 4) is 0 Å². The molecule has 27 heavy (non-hydrogen) atoms. The van der Waals surface area contributed by atoms with Gasteiger partial charge in [0.15, 0.2) is 0 Å². The molecule has 0 aromatic heterocycles. The maximum atomic E-state index is 14.0. The molecule has 0 spiro atoms. The average Bonchev–Trinajstić information content (AvgIpc) is 2.63. The number of hydroxylamine groups is 1. The molecule has 0 fully saturated rings. The minimum atomic E-state index is -0.550. The van der Waals surface area contributed by atoms with Crippen LogP contribution in [0, 0.1) is 9.39 Å². The highest BCUT2D eigenvalue weighted by Crippen LogP contribution is 2.31. The molecule has 1 unspecified atom stereocenters. The molecule has 146 valence electrons. The number of hydrogen-bond donors (Lipinski definition) is 3. The van der Waals surface area contributed by atoms with E-state index < -0.39 is 17.8 Å². The summed E-state index contributed by atoms with van der Waals surface area (Å²) in [4.78, 5) is 17.6. The van der Waals surface area contributed by atoms with Gasteiger partial charge in [-0.25, -0.2) is 9.87 Å². The van der Waals surface area contributed by atoms with Gasteiger partial charge < -0.3 is 10.4 Å². The summed E-state index contributed by atoms with van der Waals surface area (Å²) in [6.07, 6.45) is 0.516. The van der Waals surface area contributed by atoms with Gasteiger partial charge in [-0.3, -0.25) is 9.63 Å². The van der Waals surface area contributed by atoms with Crippen molar-refractivity contribution in [2.75, 3.05) is 11.9 Å². The predicted octanol–water partition coefficient (Wildman–Crippen LogP) is 5.41. The van der Waals surface area contributed by atoms with Gasteiger partial charge in [-0.05, 0) is 81.7 Å². The number of halogens is 4. The van der Waals surface area contributed by atoms with Crippen LogP contribution in [0.5, 0.6) is 0 Å². The minimum absolute atomic E-state index is 0.147. The first kappa shape index (κ1) is 22.4. The second-order valence-electron chi connectivity index (χ2n) is 5.69. The van der Waals surface area contributed by atoms with E-state index in [1.54, 1.807) is 12.1 Å². The fraction of sp³-hybridized carbons (Fsp3) is 0.278. The average molecular weight is 572 g/mol. The highest BCUT2D eigenvalue weighted by atomic mass is 127. The lowest BCUT2D eigenvalue weighted by atomic mass is 10.1. The molecule has 0 bridgehead atoms. The molecule has 0 heterocycles. The second-order valence-corrected chi connectivity index (χ2v) is 8.20. The molecule has 5 nitrogen and oxygen atoms in total. The number of benzene rings is 2. The summed E-state index contributed by atoms with van der Waals surface area (Å²) in [5, 5.41) is 12.9. The van der Waals surface area contributed by atoms with Crippen molar-refractivity contribution in [2.24, 2.45) is 0 Å². The van der Waals surface area contributed by atoms with Crippen LogP contribution in [0.4, 0.5) is 15.8 Å². The van der Waals surface area contributed by atoms with Crippen LogP contribution in [-0.2, 0) is 4.84 Å². The van der Waals surface area contributed by atoms with E-state index in [0.29, 0.717) is 23.6 Å². The molecular formula is C18H18BrClFIN2O3. The van der Waals surface area contributed by atoms with Gasteiger partial charge in [0.2, 0.25) is 0 Å². The zero-order valence-electron chi connectivity index (χ0n) is 14.4. The standard InChI is InChI=1S/C18H18BrClFIN2O3/c1-2-11(25)5-6-27-24-18(26)12-8-13(19)15(21)9-17(12)23-16-4-3-10(22)7-14(16)20/h3-4,7-9,11,23,25H,2,5-6H2,1H3,(H,24,26). The second kappa shape index (κ2) is 10.6. The SMILES string of the molecule is CCC(O)CCONC(=O)c1cc(Br)c(F)cc1Nc1ccc(I)cc1Cl. The first-order valence-corrected chi connectivity index (χ1v) is 10.4. The fourth-order valence-corrected chi connectivity index (χ4v) is 3.39. The molecule has 0 radical (unpaired) electrons. The number of anilines is 2. The third kappa shape index (κ3) is 6.56. The first-order valence-electron chi connectivity index (χ1n) is 8.13. The van der Waals surface area contributed by atoms with E-state index in [1.165, 1.54) is 12.1 Å².